The Hall–Kier alpha value is 0.110. The van der Waals surface area contributed by atoms with Gasteiger partial charge in [-0.1, -0.05) is 0 Å². The van der Waals surface area contributed by atoms with E-state index in [0.29, 0.717) is 13.1 Å². The maximum Gasteiger partial charge on any atom is 0.0938 e. The summed E-state index contributed by atoms with van der Waals surface area (Å²) in [6.45, 7) is 0.513. The summed E-state index contributed by atoms with van der Waals surface area (Å²) < 4.78 is 23.9. The lowest BCUT2D eigenvalue weighted by molar-refractivity contribution is 0.265. The smallest absolute Gasteiger partial charge is 0.0938 e. The molecule has 0 spiro atoms. The number of hydrogen-bond acceptors (Lipinski definition) is 1. The summed E-state index contributed by atoms with van der Waals surface area (Å²) >= 11 is 0. The van der Waals surface area contributed by atoms with Crippen molar-refractivity contribution < 1.29 is 8.78 Å². The second-order valence-corrected chi connectivity index (χ2v) is 2.49. The third-order valence-corrected chi connectivity index (χ3v) is 1.88. The molecule has 0 bridgehead atoms. The van der Waals surface area contributed by atoms with Gasteiger partial charge in [-0.3, -0.25) is 8.78 Å². The Balaban J connectivity index is 0.000000810. The first kappa shape index (κ1) is 10.1. The predicted molar refractivity (Wildman–Crippen MR) is 39.0 cm³/mol. The van der Waals surface area contributed by atoms with Gasteiger partial charge >= 0.3 is 0 Å². The Bertz CT molecular complexity index is 81.8. The quantitative estimate of drug-likeness (QED) is 0.658. The van der Waals surface area contributed by atoms with Gasteiger partial charge in [-0.25, -0.2) is 0 Å². The first-order valence-electron chi connectivity index (χ1n) is 3.21. The van der Waals surface area contributed by atoms with E-state index >= 15 is 0 Å². The molecular formula is C6H12ClF2N. The number of hydrogen-bond donors (Lipinski definition) is 1. The summed E-state index contributed by atoms with van der Waals surface area (Å²) in [6, 6.07) is 0. The highest BCUT2D eigenvalue weighted by molar-refractivity contribution is 5.85. The first-order chi connectivity index (χ1) is 4.38. The molecule has 1 aliphatic rings. The number of nitrogens with one attached hydrogen (secondary N) is 1. The first-order valence-corrected chi connectivity index (χ1v) is 3.21. The van der Waals surface area contributed by atoms with Crippen LogP contribution in [0.15, 0.2) is 0 Å². The van der Waals surface area contributed by atoms with Crippen LogP contribution in [0.3, 0.4) is 0 Å². The molecule has 62 valence electrons. The zero-order chi connectivity index (χ0) is 6.69. The summed E-state index contributed by atoms with van der Waals surface area (Å²) in [7, 11) is 0. The molecule has 0 radical (unpaired) electrons. The third kappa shape index (κ3) is 2.06. The van der Waals surface area contributed by atoms with Gasteiger partial charge in [0.15, 0.2) is 0 Å². The normalized spacial score (nSPS) is 31.8. The van der Waals surface area contributed by atoms with Crippen LogP contribution in [0.1, 0.15) is 0 Å². The second kappa shape index (κ2) is 4.85. The van der Waals surface area contributed by atoms with E-state index in [-0.39, 0.29) is 37.6 Å². The van der Waals surface area contributed by atoms with Crippen LogP contribution in [-0.2, 0) is 0 Å². The number of halogens is 3. The molecule has 1 heterocycles. The highest BCUT2D eigenvalue weighted by atomic mass is 35.5. The lowest BCUT2D eigenvalue weighted by Crippen LogP contribution is -2.15. The van der Waals surface area contributed by atoms with E-state index in [0.717, 1.165) is 0 Å². The van der Waals surface area contributed by atoms with Crippen molar-refractivity contribution in [3.8, 4) is 0 Å². The zero-order valence-electron chi connectivity index (χ0n) is 5.65. The maximum absolute atomic E-state index is 11.9. The Morgan fingerprint density at radius 1 is 1.10 bits per heavy atom. The van der Waals surface area contributed by atoms with Crippen LogP contribution in [0.25, 0.3) is 0 Å². The minimum absolute atomic E-state index is 0. The van der Waals surface area contributed by atoms with Gasteiger partial charge in [0.2, 0.25) is 0 Å². The zero-order valence-corrected chi connectivity index (χ0v) is 6.46. The molecular weight excluding hydrogens is 160 g/mol. The third-order valence-electron chi connectivity index (χ3n) is 1.88. The maximum atomic E-state index is 11.9. The average molecular weight is 172 g/mol. The van der Waals surface area contributed by atoms with Crippen LogP contribution in [0.2, 0.25) is 0 Å². The van der Waals surface area contributed by atoms with E-state index in [2.05, 4.69) is 5.32 Å². The summed E-state index contributed by atoms with van der Waals surface area (Å²) in [5.41, 5.74) is 0. The van der Waals surface area contributed by atoms with Crippen LogP contribution in [0.4, 0.5) is 8.78 Å². The van der Waals surface area contributed by atoms with Gasteiger partial charge in [-0.15, -0.1) is 12.4 Å². The van der Waals surface area contributed by atoms with E-state index in [1.54, 1.807) is 0 Å². The van der Waals surface area contributed by atoms with Gasteiger partial charge < -0.3 is 5.32 Å². The van der Waals surface area contributed by atoms with Crippen molar-refractivity contribution in [3.63, 3.8) is 0 Å². The Labute approximate surface area is 65.6 Å². The predicted octanol–water partition coefficient (Wildman–Crippen LogP) is 1.18. The summed E-state index contributed by atoms with van der Waals surface area (Å²) in [4.78, 5) is 0. The van der Waals surface area contributed by atoms with Crippen LogP contribution in [0, 0.1) is 11.8 Å². The van der Waals surface area contributed by atoms with E-state index < -0.39 is 0 Å². The van der Waals surface area contributed by atoms with Crippen LogP contribution < -0.4 is 5.32 Å². The van der Waals surface area contributed by atoms with Gasteiger partial charge in [0, 0.05) is 24.9 Å². The molecule has 0 aromatic carbocycles. The molecule has 1 saturated heterocycles. The van der Waals surface area contributed by atoms with Gasteiger partial charge in [-0.2, -0.15) is 0 Å². The summed E-state index contributed by atoms with van der Waals surface area (Å²) in [5, 5.41) is 2.94. The van der Waals surface area contributed by atoms with Crippen molar-refractivity contribution in [3.05, 3.63) is 0 Å². The van der Waals surface area contributed by atoms with Gasteiger partial charge in [0.1, 0.15) is 0 Å². The molecule has 0 amide bonds. The molecule has 1 fully saturated rings. The summed E-state index contributed by atoms with van der Waals surface area (Å²) in [6.07, 6.45) is 0. The number of rotatable bonds is 2. The fourth-order valence-corrected chi connectivity index (χ4v) is 1.15. The second-order valence-electron chi connectivity index (χ2n) is 2.49. The standard InChI is InChI=1S/C6H11F2N.ClH/c7-1-5-3-9-4-6(5)2-8;/h5-6,9H,1-4H2;1H/t5-,6-;/m1./s1. The van der Waals surface area contributed by atoms with Crippen molar-refractivity contribution >= 4 is 12.4 Å². The van der Waals surface area contributed by atoms with Crippen LogP contribution in [-0.4, -0.2) is 26.4 Å². The van der Waals surface area contributed by atoms with E-state index in [4.69, 9.17) is 0 Å². The van der Waals surface area contributed by atoms with Crippen molar-refractivity contribution in [2.45, 2.75) is 0 Å². The van der Waals surface area contributed by atoms with Crippen molar-refractivity contribution in [2.24, 2.45) is 11.8 Å². The molecule has 1 nitrogen and oxygen atoms in total. The molecule has 4 heteroatoms. The average Bonchev–Trinajstić information content (AvgIpc) is 2.33. The lowest BCUT2D eigenvalue weighted by Gasteiger charge is -2.08. The van der Waals surface area contributed by atoms with Crippen LogP contribution in [0.5, 0.6) is 0 Å². The molecule has 0 unspecified atom stereocenters. The molecule has 0 aliphatic carbocycles. The van der Waals surface area contributed by atoms with Gasteiger partial charge in [0.25, 0.3) is 0 Å². The van der Waals surface area contributed by atoms with Crippen molar-refractivity contribution in [1.82, 2.24) is 5.32 Å². The van der Waals surface area contributed by atoms with Crippen molar-refractivity contribution in [2.75, 3.05) is 26.4 Å². The van der Waals surface area contributed by atoms with Gasteiger partial charge in [0.05, 0.1) is 13.3 Å². The molecule has 0 saturated carbocycles. The van der Waals surface area contributed by atoms with Crippen LogP contribution >= 0.6 is 12.4 Å². The summed E-state index contributed by atoms with van der Waals surface area (Å²) in [5.74, 6) is -0.148. The molecule has 0 aromatic heterocycles. The number of alkyl halides is 2. The molecule has 10 heavy (non-hydrogen) atoms. The van der Waals surface area contributed by atoms with E-state index in [1.807, 2.05) is 0 Å². The fourth-order valence-electron chi connectivity index (χ4n) is 1.15. The Morgan fingerprint density at radius 2 is 1.50 bits per heavy atom. The SMILES string of the molecule is Cl.FC[C@@H]1CNC[C@H]1CF. The molecule has 1 rings (SSSR count). The highest BCUT2D eigenvalue weighted by Crippen LogP contribution is 2.16. The molecule has 1 N–H and O–H groups in total. The highest BCUT2D eigenvalue weighted by Gasteiger charge is 2.26. The van der Waals surface area contributed by atoms with Gasteiger partial charge in [-0.05, 0) is 0 Å². The molecule has 1 aliphatic heterocycles. The Morgan fingerprint density at radius 3 is 1.80 bits per heavy atom. The topological polar surface area (TPSA) is 12.0 Å². The van der Waals surface area contributed by atoms with E-state index in [1.165, 1.54) is 0 Å². The Kier molecular flexibility index (Phi) is 4.91. The minimum atomic E-state index is -0.387. The van der Waals surface area contributed by atoms with Crippen molar-refractivity contribution in [1.29, 1.82) is 0 Å². The van der Waals surface area contributed by atoms with E-state index in [9.17, 15) is 8.78 Å². The minimum Gasteiger partial charge on any atom is -0.316 e. The molecule has 0 aromatic rings. The fraction of sp³-hybridized carbons (Fsp3) is 1.00. The lowest BCUT2D eigenvalue weighted by atomic mass is 9.99. The molecule has 2 atom stereocenters. The monoisotopic (exact) mass is 171 g/mol. The largest absolute Gasteiger partial charge is 0.316 e.